The van der Waals surface area contributed by atoms with Crippen LogP contribution >= 0.6 is 0 Å². The van der Waals surface area contributed by atoms with E-state index in [1.165, 1.54) is 0 Å². The number of hydrogen-bond acceptors (Lipinski definition) is 3. The third kappa shape index (κ3) is 6.50. The number of carbonyl (C=O) groups is 1. The first-order chi connectivity index (χ1) is 6.75. The zero-order valence-corrected chi connectivity index (χ0v) is 10.9. The minimum atomic E-state index is -0.176. The molecule has 0 aliphatic heterocycles. The molecule has 3 nitrogen and oxygen atoms in total. The van der Waals surface area contributed by atoms with Gasteiger partial charge in [0.1, 0.15) is 0 Å². The molecule has 0 aliphatic rings. The fourth-order valence-corrected chi connectivity index (χ4v) is 0.995. The fraction of sp³-hybridized carbons (Fsp3) is 0.917. The van der Waals surface area contributed by atoms with Crippen molar-refractivity contribution in [3.8, 4) is 0 Å². The Balaban J connectivity index is 3.75. The molecule has 0 aromatic carbocycles. The Morgan fingerprint density at radius 3 is 2.20 bits per heavy atom. The van der Waals surface area contributed by atoms with Gasteiger partial charge in [-0.15, -0.1) is 0 Å². The quantitative estimate of drug-likeness (QED) is 0.690. The summed E-state index contributed by atoms with van der Waals surface area (Å²) in [5, 5.41) is 3.14. The molecule has 0 radical (unpaired) electrons. The van der Waals surface area contributed by atoms with Gasteiger partial charge in [0.15, 0.2) is 0 Å². The van der Waals surface area contributed by atoms with Crippen LogP contribution in [0.5, 0.6) is 0 Å². The second-order valence-corrected chi connectivity index (χ2v) is 5.29. The molecule has 0 aromatic rings. The molecule has 0 amide bonds. The standard InChI is InChI=1S/C12H25NO2/c1-9(2)12(5,6)8-13-7-11(14)15-10(3)4/h9-10,13H,7-8H2,1-6H3. The molecule has 0 aliphatic carbocycles. The molecule has 0 bridgehead atoms. The minimum absolute atomic E-state index is 0.0302. The maximum absolute atomic E-state index is 11.2. The average Bonchev–Trinajstić information content (AvgIpc) is 2.01. The van der Waals surface area contributed by atoms with Gasteiger partial charge in [0.25, 0.3) is 0 Å². The third-order valence-corrected chi connectivity index (χ3v) is 2.78. The molecule has 0 atom stereocenters. The zero-order valence-electron chi connectivity index (χ0n) is 10.9. The molecule has 0 unspecified atom stereocenters. The zero-order chi connectivity index (χ0) is 12.1. The summed E-state index contributed by atoms with van der Waals surface area (Å²) in [6, 6.07) is 0. The van der Waals surface area contributed by atoms with E-state index in [0.29, 0.717) is 12.5 Å². The van der Waals surface area contributed by atoms with Crippen LogP contribution in [0.1, 0.15) is 41.5 Å². The summed E-state index contributed by atoms with van der Waals surface area (Å²) in [7, 11) is 0. The summed E-state index contributed by atoms with van der Waals surface area (Å²) >= 11 is 0. The summed E-state index contributed by atoms with van der Waals surface area (Å²) in [6.07, 6.45) is -0.0302. The van der Waals surface area contributed by atoms with E-state index in [-0.39, 0.29) is 17.5 Å². The number of esters is 1. The maximum atomic E-state index is 11.2. The predicted octanol–water partition coefficient (Wildman–Crippen LogP) is 2.21. The van der Waals surface area contributed by atoms with Crippen molar-refractivity contribution >= 4 is 5.97 Å². The highest BCUT2D eigenvalue weighted by Gasteiger charge is 2.22. The topological polar surface area (TPSA) is 38.3 Å². The molecule has 0 rings (SSSR count). The van der Waals surface area contributed by atoms with Crippen LogP contribution in [0.4, 0.5) is 0 Å². The summed E-state index contributed by atoms with van der Waals surface area (Å²) < 4.78 is 5.02. The molecule has 0 aromatic heterocycles. The van der Waals surface area contributed by atoms with Gasteiger partial charge < -0.3 is 10.1 Å². The Labute approximate surface area is 93.6 Å². The molecule has 1 N–H and O–H groups in total. The van der Waals surface area contributed by atoms with Crippen LogP contribution in [0.2, 0.25) is 0 Å². The second-order valence-electron chi connectivity index (χ2n) is 5.29. The molecule has 0 fully saturated rings. The fourth-order valence-electron chi connectivity index (χ4n) is 0.995. The van der Waals surface area contributed by atoms with Crippen molar-refractivity contribution in [2.45, 2.75) is 47.6 Å². The first-order valence-electron chi connectivity index (χ1n) is 5.66. The minimum Gasteiger partial charge on any atom is -0.462 e. The molecular formula is C12H25NO2. The van der Waals surface area contributed by atoms with Gasteiger partial charge in [0.05, 0.1) is 12.6 Å². The van der Waals surface area contributed by atoms with Crippen molar-refractivity contribution in [2.24, 2.45) is 11.3 Å². The molecule has 0 saturated heterocycles. The first-order valence-corrected chi connectivity index (χ1v) is 5.66. The van der Waals surface area contributed by atoms with Crippen molar-refractivity contribution in [3.05, 3.63) is 0 Å². The summed E-state index contributed by atoms with van der Waals surface area (Å²) in [5.74, 6) is 0.413. The van der Waals surface area contributed by atoms with Crippen LogP contribution in [-0.4, -0.2) is 25.2 Å². The van der Waals surface area contributed by atoms with Crippen LogP contribution in [0.15, 0.2) is 0 Å². The summed E-state index contributed by atoms with van der Waals surface area (Å²) in [4.78, 5) is 11.2. The highest BCUT2D eigenvalue weighted by atomic mass is 16.5. The molecule has 0 spiro atoms. The summed E-state index contributed by atoms with van der Waals surface area (Å²) in [5.41, 5.74) is 0.206. The molecule has 3 heteroatoms. The lowest BCUT2D eigenvalue weighted by Crippen LogP contribution is -2.37. The van der Waals surface area contributed by atoms with E-state index in [4.69, 9.17) is 4.74 Å². The van der Waals surface area contributed by atoms with E-state index >= 15 is 0 Å². The number of carbonyl (C=O) groups excluding carboxylic acids is 1. The van der Waals surface area contributed by atoms with E-state index in [9.17, 15) is 4.79 Å². The lowest BCUT2D eigenvalue weighted by molar-refractivity contribution is -0.146. The van der Waals surface area contributed by atoms with Gasteiger partial charge in [-0.3, -0.25) is 4.79 Å². The van der Waals surface area contributed by atoms with Crippen molar-refractivity contribution in [2.75, 3.05) is 13.1 Å². The summed E-state index contributed by atoms with van der Waals surface area (Å²) in [6.45, 7) is 13.6. The Kier molecular flexibility index (Phi) is 5.88. The van der Waals surface area contributed by atoms with Gasteiger partial charge in [-0.25, -0.2) is 0 Å². The molecule has 90 valence electrons. The van der Waals surface area contributed by atoms with Crippen LogP contribution in [-0.2, 0) is 9.53 Å². The Hall–Kier alpha value is -0.570. The van der Waals surface area contributed by atoms with E-state index < -0.39 is 0 Å². The monoisotopic (exact) mass is 215 g/mol. The van der Waals surface area contributed by atoms with Crippen molar-refractivity contribution in [1.82, 2.24) is 5.32 Å². The Morgan fingerprint density at radius 2 is 1.80 bits per heavy atom. The van der Waals surface area contributed by atoms with E-state index in [2.05, 4.69) is 33.0 Å². The second kappa shape index (κ2) is 6.11. The highest BCUT2D eigenvalue weighted by molar-refractivity contribution is 5.71. The lowest BCUT2D eigenvalue weighted by atomic mass is 9.81. The molecule has 0 saturated carbocycles. The highest BCUT2D eigenvalue weighted by Crippen LogP contribution is 2.24. The van der Waals surface area contributed by atoms with E-state index in [0.717, 1.165) is 6.54 Å². The van der Waals surface area contributed by atoms with Crippen LogP contribution in [0, 0.1) is 11.3 Å². The van der Waals surface area contributed by atoms with Gasteiger partial charge in [-0.1, -0.05) is 27.7 Å². The molecule has 0 heterocycles. The largest absolute Gasteiger partial charge is 0.462 e. The smallest absolute Gasteiger partial charge is 0.320 e. The first kappa shape index (κ1) is 14.4. The van der Waals surface area contributed by atoms with E-state index in [1.807, 2.05) is 13.8 Å². The van der Waals surface area contributed by atoms with Crippen LogP contribution < -0.4 is 5.32 Å². The number of ether oxygens (including phenoxy) is 1. The number of hydrogen-bond donors (Lipinski definition) is 1. The third-order valence-electron chi connectivity index (χ3n) is 2.78. The molecular weight excluding hydrogens is 190 g/mol. The van der Waals surface area contributed by atoms with Crippen molar-refractivity contribution in [1.29, 1.82) is 0 Å². The van der Waals surface area contributed by atoms with E-state index in [1.54, 1.807) is 0 Å². The normalized spacial score (nSPS) is 12.3. The van der Waals surface area contributed by atoms with Gasteiger partial charge in [-0.05, 0) is 25.2 Å². The predicted molar refractivity (Wildman–Crippen MR) is 62.7 cm³/mol. The van der Waals surface area contributed by atoms with Crippen LogP contribution in [0.3, 0.4) is 0 Å². The average molecular weight is 215 g/mol. The van der Waals surface area contributed by atoms with Crippen molar-refractivity contribution < 1.29 is 9.53 Å². The van der Waals surface area contributed by atoms with Gasteiger partial charge in [0.2, 0.25) is 0 Å². The van der Waals surface area contributed by atoms with Gasteiger partial charge in [-0.2, -0.15) is 0 Å². The Bertz CT molecular complexity index is 198. The number of rotatable bonds is 6. The maximum Gasteiger partial charge on any atom is 0.320 e. The van der Waals surface area contributed by atoms with Gasteiger partial charge in [0, 0.05) is 6.54 Å². The number of nitrogens with one attached hydrogen (secondary N) is 1. The van der Waals surface area contributed by atoms with Gasteiger partial charge >= 0.3 is 5.97 Å². The Morgan fingerprint density at radius 1 is 1.27 bits per heavy atom. The SMILES string of the molecule is CC(C)OC(=O)CNCC(C)(C)C(C)C. The lowest BCUT2D eigenvalue weighted by Gasteiger charge is -2.29. The molecule has 15 heavy (non-hydrogen) atoms. The van der Waals surface area contributed by atoms with Crippen LogP contribution in [0.25, 0.3) is 0 Å². The van der Waals surface area contributed by atoms with Crippen molar-refractivity contribution in [3.63, 3.8) is 0 Å².